The van der Waals surface area contributed by atoms with Gasteiger partial charge in [-0.2, -0.15) is 0 Å². The van der Waals surface area contributed by atoms with Crippen molar-refractivity contribution in [2.24, 2.45) is 0 Å². The number of benzene rings is 1. The Morgan fingerprint density at radius 2 is 2.20 bits per heavy atom. The summed E-state index contributed by atoms with van der Waals surface area (Å²) in [5, 5.41) is 11.2. The van der Waals surface area contributed by atoms with Crippen LogP contribution in [0, 0.1) is 0 Å². The molecule has 1 aromatic carbocycles. The summed E-state index contributed by atoms with van der Waals surface area (Å²) in [7, 11) is 0. The first-order valence-electron chi connectivity index (χ1n) is 5.10. The number of para-hydroxylation sites is 1. The highest BCUT2D eigenvalue weighted by molar-refractivity contribution is 6.35. The number of halogens is 1. The summed E-state index contributed by atoms with van der Waals surface area (Å²) in [6.45, 7) is 2.60. The maximum absolute atomic E-state index is 9.25. The molecule has 1 atom stereocenters. The second-order valence-corrected chi connectivity index (χ2v) is 4.23. The third-order valence-electron chi connectivity index (χ3n) is 2.53. The predicted molar refractivity (Wildman–Crippen MR) is 63.2 cm³/mol. The highest BCUT2D eigenvalue weighted by Crippen LogP contribution is 2.24. The molecule has 0 aliphatic carbocycles. The average molecular weight is 224 g/mol. The third-order valence-corrected chi connectivity index (χ3v) is 2.83. The summed E-state index contributed by atoms with van der Waals surface area (Å²) in [4.78, 5) is 0. The summed E-state index contributed by atoms with van der Waals surface area (Å²) >= 11 is 6.14. The Morgan fingerprint density at radius 3 is 2.93 bits per heavy atom. The number of fused-ring (bicyclic) bond motifs is 1. The molecule has 2 nitrogen and oxygen atoms in total. The smallest absolute Gasteiger partial charge is 0.0669 e. The number of rotatable bonds is 3. The second-order valence-electron chi connectivity index (χ2n) is 3.82. The molecule has 1 aromatic heterocycles. The minimum Gasteiger partial charge on any atom is -0.393 e. The van der Waals surface area contributed by atoms with Crippen LogP contribution in [0.3, 0.4) is 0 Å². The van der Waals surface area contributed by atoms with Gasteiger partial charge in [-0.3, -0.25) is 0 Å². The number of aliphatic hydroxyl groups is 1. The lowest BCUT2D eigenvalue weighted by molar-refractivity contribution is 0.178. The number of aromatic nitrogens is 1. The lowest BCUT2D eigenvalue weighted by atomic mass is 10.2. The molecule has 0 aliphatic rings. The van der Waals surface area contributed by atoms with Gasteiger partial charge < -0.3 is 9.67 Å². The molecule has 0 bridgehead atoms. The first-order chi connectivity index (χ1) is 7.18. The monoisotopic (exact) mass is 223 g/mol. The molecule has 1 unspecified atom stereocenters. The molecule has 2 rings (SSSR count). The number of aliphatic hydroxyl groups excluding tert-OH is 1. The van der Waals surface area contributed by atoms with E-state index in [4.69, 9.17) is 11.6 Å². The molecule has 2 aromatic rings. The van der Waals surface area contributed by atoms with E-state index in [0.717, 1.165) is 28.9 Å². The van der Waals surface area contributed by atoms with E-state index >= 15 is 0 Å². The van der Waals surface area contributed by atoms with Gasteiger partial charge in [-0.25, -0.2) is 0 Å². The molecule has 80 valence electrons. The molecule has 0 saturated heterocycles. The number of nitrogens with zero attached hydrogens (tertiary/aromatic N) is 1. The van der Waals surface area contributed by atoms with Gasteiger partial charge in [0.15, 0.2) is 0 Å². The summed E-state index contributed by atoms with van der Waals surface area (Å²) in [5.41, 5.74) is 1.06. The fraction of sp³-hybridized carbons (Fsp3) is 0.333. The number of hydrogen-bond donors (Lipinski definition) is 1. The summed E-state index contributed by atoms with van der Waals surface area (Å²) in [6.07, 6.45) is 2.48. The summed E-state index contributed by atoms with van der Waals surface area (Å²) < 4.78 is 2.09. The van der Waals surface area contributed by atoms with Crippen molar-refractivity contribution in [2.75, 3.05) is 0 Å². The van der Waals surface area contributed by atoms with E-state index in [-0.39, 0.29) is 6.10 Å². The maximum atomic E-state index is 9.25. The SMILES string of the molecule is CC(O)CCn1ccc2cccc(Cl)c21. The van der Waals surface area contributed by atoms with Crippen LogP contribution < -0.4 is 0 Å². The first-order valence-corrected chi connectivity index (χ1v) is 5.47. The van der Waals surface area contributed by atoms with Crippen molar-refractivity contribution in [1.29, 1.82) is 0 Å². The van der Waals surface area contributed by atoms with Crippen molar-refractivity contribution in [3.8, 4) is 0 Å². The molecule has 1 N–H and O–H groups in total. The van der Waals surface area contributed by atoms with E-state index in [1.807, 2.05) is 30.5 Å². The van der Waals surface area contributed by atoms with E-state index in [2.05, 4.69) is 4.57 Å². The van der Waals surface area contributed by atoms with Crippen LogP contribution in [0.1, 0.15) is 13.3 Å². The normalized spacial score (nSPS) is 13.3. The zero-order chi connectivity index (χ0) is 10.8. The zero-order valence-corrected chi connectivity index (χ0v) is 9.41. The van der Waals surface area contributed by atoms with Crippen molar-refractivity contribution in [3.63, 3.8) is 0 Å². The fourth-order valence-electron chi connectivity index (χ4n) is 1.73. The van der Waals surface area contributed by atoms with Crippen LogP contribution in [0.2, 0.25) is 5.02 Å². The summed E-state index contributed by atoms with van der Waals surface area (Å²) in [5.74, 6) is 0. The summed E-state index contributed by atoms with van der Waals surface area (Å²) in [6, 6.07) is 7.93. The lowest BCUT2D eigenvalue weighted by Gasteiger charge is -2.08. The molecular formula is C12H14ClNO. The molecule has 0 saturated carbocycles. The maximum Gasteiger partial charge on any atom is 0.0669 e. The Kier molecular flexibility index (Phi) is 2.98. The quantitative estimate of drug-likeness (QED) is 0.850. The highest BCUT2D eigenvalue weighted by Gasteiger charge is 2.05. The predicted octanol–water partition coefficient (Wildman–Crippen LogP) is 3.07. The van der Waals surface area contributed by atoms with Gasteiger partial charge in [-0.15, -0.1) is 0 Å². The van der Waals surface area contributed by atoms with Crippen LogP contribution in [-0.2, 0) is 6.54 Å². The Labute approximate surface area is 94.1 Å². The standard InChI is InChI=1S/C12H14ClNO/c1-9(15)5-7-14-8-6-10-3-2-4-11(13)12(10)14/h2-4,6,8-9,15H,5,7H2,1H3. The van der Waals surface area contributed by atoms with Gasteiger partial charge in [0.25, 0.3) is 0 Å². The van der Waals surface area contributed by atoms with Crippen LogP contribution >= 0.6 is 11.6 Å². The Bertz CT molecular complexity index is 462. The van der Waals surface area contributed by atoms with Gasteiger partial charge >= 0.3 is 0 Å². The molecule has 0 radical (unpaired) electrons. The number of hydrogen-bond acceptors (Lipinski definition) is 1. The van der Waals surface area contributed by atoms with Crippen LogP contribution in [0.4, 0.5) is 0 Å². The first kappa shape index (κ1) is 10.5. The minimum atomic E-state index is -0.273. The highest BCUT2D eigenvalue weighted by atomic mass is 35.5. The molecule has 0 aliphatic heterocycles. The van der Waals surface area contributed by atoms with Gasteiger partial charge in [0.1, 0.15) is 0 Å². The van der Waals surface area contributed by atoms with E-state index in [9.17, 15) is 5.11 Å². The van der Waals surface area contributed by atoms with Gasteiger partial charge in [0, 0.05) is 18.1 Å². The second kappa shape index (κ2) is 4.25. The van der Waals surface area contributed by atoms with Crippen molar-refractivity contribution in [1.82, 2.24) is 4.57 Å². The molecule has 0 fully saturated rings. The Hall–Kier alpha value is -0.990. The van der Waals surface area contributed by atoms with Crippen LogP contribution in [0.15, 0.2) is 30.5 Å². The minimum absolute atomic E-state index is 0.273. The van der Waals surface area contributed by atoms with Crippen molar-refractivity contribution in [3.05, 3.63) is 35.5 Å². The Morgan fingerprint density at radius 1 is 1.40 bits per heavy atom. The van der Waals surface area contributed by atoms with Gasteiger partial charge in [-0.05, 0) is 25.5 Å². The fourth-order valence-corrected chi connectivity index (χ4v) is 2.02. The van der Waals surface area contributed by atoms with Gasteiger partial charge in [-0.1, -0.05) is 23.7 Å². The molecular weight excluding hydrogens is 210 g/mol. The van der Waals surface area contributed by atoms with E-state index in [1.54, 1.807) is 6.92 Å². The van der Waals surface area contributed by atoms with Crippen LogP contribution in [0.25, 0.3) is 10.9 Å². The van der Waals surface area contributed by atoms with Crippen molar-refractivity contribution in [2.45, 2.75) is 26.0 Å². The molecule has 3 heteroatoms. The molecule has 0 spiro atoms. The van der Waals surface area contributed by atoms with Crippen LogP contribution in [0.5, 0.6) is 0 Å². The average Bonchev–Trinajstić information content (AvgIpc) is 2.59. The largest absolute Gasteiger partial charge is 0.393 e. The third kappa shape index (κ3) is 2.16. The van der Waals surface area contributed by atoms with E-state index in [1.165, 1.54) is 0 Å². The lowest BCUT2D eigenvalue weighted by Crippen LogP contribution is -2.06. The molecule has 1 heterocycles. The number of aryl methyl sites for hydroxylation is 1. The van der Waals surface area contributed by atoms with E-state index in [0.29, 0.717) is 0 Å². The zero-order valence-electron chi connectivity index (χ0n) is 8.65. The molecule has 15 heavy (non-hydrogen) atoms. The topological polar surface area (TPSA) is 25.2 Å². The van der Waals surface area contributed by atoms with Gasteiger partial charge in [0.05, 0.1) is 16.6 Å². The van der Waals surface area contributed by atoms with Crippen molar-refractivity contribution >= 4 is 22.5 Å². The van der Waals surface area contributed by atoms with Gasteiger partial charge in [0.2, 0.25) is 0 Å². The van der Waals surface area contributed by atoms with E-state index < -0.39 is 0 Å². The molecule has 0 amide bonds. The Balaban J connectivity index is 2.35. The van der Waals surface area contributed by atoms with Crippen molar-refractivity contribution < 1.29 is 5.11 Å². The van der Waals surface area contributed by atoms with Crippen LogP contribution in [-0.4, -0.2) is 15.8 Å².